The predicted molar refractivity (Wildman–Crippen MR) is 143 cm³/mol. The summed E-state index contributed by atoms with van der Waals surface area (Å²) < 4.78 is 5.11. The lowest BCUT2D eigenvalue weighted by Crippen LogP contribution is -2.62. The van der Waals surface area contributed by atoms with Gasteiger partial charge < -0.3 is 19.4 Å². The van der Waals surface area contributed by atoms with Crippen LogP contribution in [-0.4, -0.2) is 90.1 Å². The molecule has 2 fully saturated rings. The Kier molecular flexibility index (Phi) is 7.71. The summed E-state index contributed by atoms with van der Waals surface area (Å²) in [7, 11) is 0. The molecule has 0 N–H and O–H groups in total. The summed E-state index contributed by atoms with van der Waals surface area (Å²) in [6.45, 7) is 6.83. The van der Waals surface area contributed by atoms with Crippen LogP contribution < -0.4 is 4.90 Å². The van der Waals surface area contributed by atoms with Crippen molar-refractivity contribution in [3.8, 4) is 0 Å². The monoisotopic (exact) mass is 541 g/mol. The number of fused-ring (bicyclic) bond motifs is 3. The summed E-state index contributed by atoms with van der Waals surface area (Å²) in [6, 6.07) is 12.8. The molecule has 0 bridgehead atoms. The van der Waals surface area contributed by atoms with Gasteiger partial charge in [-0.15, -0.1) is 0 Å². The second kappa shape index (κ2) is 11.2. The zero-order chi connectivity index (χ0) is 26.8. The first-order valence-electron chi connectivity index (χ1n) is 13.0. The van der Waals surface area contributed by atoms with E-state index in [-0.39, 0.29) is 34.6 Å². The van der Waals surface area contributed by atoms with Gasteiger partial charge in [-0.3, -0.25) is 19.8 Å². The van der Waals surface area contributed by atoms with Gasteiger partial charge in [0.2, 0.25) is 5.91 Å². The number of halogens is 1. The Hall–Kier alpha value is -3.37. The van der Waals surface area contributed by atoms with Crippen LogP contribution in [0.15, 0.2) is 42.5 Å². The summed E-state index contributed by atoms with van der Waals surface area (Å²) in [4.78, 5) is 45.2. The normalized spacial score (nSPS) is 21.5. The Balaban J connectivity index is 1.37. The van der Waals surface area contributed by atoms with E-state index in [2.05, 4.69) is 9.80 Å². The molecule has 10 nitrogen and oxygen atoms in total. The van der Waals surface area contributed by atoms with E-state index in [0.717, 1.165) is 36.4 Å². The number of anilines is 1. The van der Waals surface area contributed by atoms with Crippen LogP contribution in [0.4, 0.5) is 16.2 Å². The molecule has 202 valence electrons. The van der Waals surface area contributed by atoms with Crippen LogP contribution in [0.2, 0.25) is 5.02 Å². The Labute approximate surface area is 226 Å². The Morgan fingerprint density at radius 1 is 1.03 bits per heavy atom. The number of piperazine rings is 2. The van der Waals surface area contributed by atoms with Crippen LogP contribution in [0.5, 0.6) is 0 Å². The van der Waals surface area contributed by atoms with Gasteiger partial charge in [-0.05, 0) is 42.7 Å². The molecule has 5 rings (SSSR count). The van der Waals surface area contributed by atoms with Gasteiger partial charge in [0.25, 0.3) is 5.69 Å². The number of hydrogen-bond acceptors (Lipinski definition) is 7. The zero-order valence-corrected chi connectivity index (χ0v) is 22.2. The van der Waals surface area contributed by atoms with Crippen LogP contribution in [0.3, 0.4) is 0 Å². The zero-order valence-electron chi connectivity index (χ0n) is 21.4. The van der Waals surface area contributed by atoms with Crippen molar-refractivity contribution in [1.29, 1.82) is 0 Å². The van der Waals surface area contributed by atoms with Gasteiger partial charge in [-0.2, -0.15) is 0 Å². The Bertz CT molecular complexity index is 1200. The molecule has 3 aliphatic heterocycles. The van der Waals surface area contributed by atoms with Crippen molar-refractivity contribution in [3.05, 3.63) is 68.7 Å². The van der Waals surface area contributed by atoms with Crippen molar-refractivity contribution in [2.24, 2.45) is 5.92 Å². The maximum atomic E-state index is 13.9. The van der Waals surface area contributed by atoms with Crippen LogP contribution in [0.25, 0.3) is 0 Å². The highest BCUT2D eigenvalue weighted by molar-refractivity contribution is 6.30. The van der Waals surface area contributed by atoms with Crippen LogP contribution in [0, 0.1) is 16.0 Å². The Morgan fingerprint density at radius 2 is 1.74 bits per heavy atom. The molecule has 11 heteroatoms. The van der Waals surface area contributed by atoms with Gasteiger partial charge in [0.15, 0.2) is 0 Å². The first kappa shape index (κ1) is 26.2. The average Bonchev–Trinajstić information content (AvgIpc) is 2.93. The van der Waals surface area contributed by atoms with E-state index in [1.165, 1.54) is 0 Å². The molecule has 0 saturated carbocycles. The van der Waals surface area contributed by atoms with Gasteiger partial charge in [-0.25, -0.2) is 4.79 Å². The standard InChI is InChI=1S/C27H32ClN5O5/c1-2-38-27(35)31-12-10-30(11-13-31)26(34)23-16-20-15-22(33(36)37)7-8-24(20)32-14-9-29(18-25(23)32)17-19-3-5-21(28)6-4-19/h3-8,15,23,25H,2,9-14,16-18H2,1H3/t23-,25-/m0/s1. The number of non-ortho nitro benzene ring substituents is 1. The highest BCUT2D eigenvalue weighted by Crippen LogP contribution is 2.39. The lowest BCUT2D eigenvalue weighted by molar-refractivity contribution is -0.384. The fraction of sp³-hybridized carbons (Fsp3) is 0.481. The van der Waals surface area contributed by atoms with E-state index in [1.807, 2.05) is 35.2 Å². The fourth-order valence-corrected chi connectivity index (χ4v) is 5.94. The molecule has 0 spiro atoms. The second-order valence-corrected chi connectivity index (χ2v) is 10.5. The lowest BCUT2D eigenvalue weighted by Gasteiger charge is -2.50. The number of nitro benzene ring substituents is 1. The largest absolute Gasteiger partial charge is 0.450 e. The molecule has 0 radical (unpaired) electrons. The van der Waals surface area contributed by atoms with Crippen LogP contribution in [-0.2, 0) is 22.5 Å². The van der Waals surface area contributed by atoms with E-state index in [9.17, 15) is 19.7 Å². The summed E-state index contributed by atoms with van der Waals surface area (Å²) in [6.07, 6.45) is 0.0963. The second-order valence-electron chi connectivity index (χ2n) is 10.0. The average molecular weight is 542 g/mol. The first-order valence-corrected chi connectivity index (χ1v) is 13.4. The van der Waals surface area contributed by atoms with Gasteiger partial charge in [0, 0.05) is 75.2 Å². The van der Waals surface area contributed by atoms with E-state index in [1.54, 1.807) is 24.0 Å². The van der Waals surface area contributed by atoms with E-state index < -0.39 is 0 Å². The number of nitrogens with zero attached hydrogens (tertiary/aromatic N) is 5. The molecule has 2 amide bonds. The van der Waals surface area contributed by atoms with Gasteiger partial charge in [0.05, 0.1) is 23.5 Å². The van der Waals surface area contributed by atoms with Crippen molar-refractivity contribution in [2.75, 3.05) is 57.3 Å². The maximum Gasteiger partial charge on any atom is 0.409 e. The van der Waals surface area contributed by atoms with Gasteiger partial charge >= 0.3 is 6.09 Å². The van der Waals surface area contributed by atoms with Crippen LogP contribution in [0.1, 0.15) is 18.1 Å². The number of rotatable bonds is 5. The van der Waals surface area contributed by atoms with E-state index in [4.69, 9.17) is 16.3 Å². The summed E-state index contributed by atoms with van der Waals surface area (Å²) in [5, 5.41) is 12.2. The minimum Gasteiger partial charge on any atom is -0.450 e. The SMILES string of the molecule is CCOC(=O)N1CCN(C(=O)[C@H]2Cc3cc([N+](=O)[O-])ccc3N3CCN(Cc4ccc(Cl)cc4)C[C@@H]23)CC1. The molecule has 3 heterocycles. The van der Waals surface area contributed by atoms with E-state index >= 15 is 0 Å². The molecule has 2 aromatic carbocycles. The molecule has 2 saturated heterocycles. The number of benzene rings is 2. The topological polar surface area (TPSA) is 99.5 Å². The molecular formula is C27H32ClN5O5. The summed E-state index contributed by atoms with van der Waals surface area (Å²) in [5.74, 6) is -0.305. The van der Waals surface area contributed by atoms with Crippen molar-refractivity contribution in [3.63, 3.8) is 0 Å². The van der Waals surface area contributed by atoms with Crippen molar-refractivity contribution < 1.29 is 19.2 Å². The van der Waals surface area contributed by atoms with Crippen molar-refractivity contribution in [2.45, 2.75) is 25.9 Å². The molecule has 3 aliphatic rings. The third-order valence-electron chi connectivity index (χ3n) is 7.74. The number of hydrogen-bond donors (Lipinski definition) is 0. The third kappa shape index (κ3) is 5.42. The highest BCUT2D eigenvalue weighted by Gasteiger charge is 2.43. The lowest BCUT2D eigenvalue weighted by atomic mass is 9.82. The molecule has 0 aliphatic carbocycles. The quantitative estimate of drug-likeness (QED) is 0.422. The molecule has 38 heavy (non-hydrogen) atoms. The number of amides is 2. The van der Waals surface area contributed by atoms with Gasteiger partial charge in [-0.1, -0.05) is 23.7 Å². The summed E-state index contributed by atoms with van der Waals surface area (Å²) in [5.41, 5.74) is 3.01. The predicted octanol–water partition coefficient (Wildman–Crippen LogP) is 3.41. The number of carbonyl (C=O) groups excluding carboxylic acids is 2. The minimum absolute atomic E-state index is 0.0361. The molecule has 2 atom stereocenters. The third-order valence-corrected chi connectivity index (χ3v) is 8.00. The number of nitro groups is 1. The first-order chi connectivity index (χ1) is 18.3. The number of ether oxygens (including phenoxy) is 1. The highest BCUT2D eigenvalue weighted by atomic mass is 35.5. The summed E-state index contributed by atoms with van der Waals surface area (Å²) >= 11 is 6.06. The minimum atomic E-state index is -0.387. The van der Waals surface area contributed by atoms with E-state index in [0.29, 0.717) is 50.8 Å². The molecule has 0 aromatic heterocycles. The molecular weight excluding hydrogens is 510 g/mol. The van der Waals surface area contributed by atoms with Crippen molar-refractivity contribution >= 4 is 35.0 Å². The number of carbonyl (C=O) groups is 2. The molecule has 0 unspecified atom stereocenters. The van der Waals surface area contributed by atoms with Gasteiger partial charge in [0.1, 0.15) is 0 Å². The van der Waals surface area contributed by atoms with Crippen molar-refractivity contribution in [1.82, 2.24) is 14.7 Å². The fourth-order valence-electron chi connectivity index (χ4n) is 5.82. The maximum absolute atomic E-state index is 13.9. The smallest absolute Gasteiger partial charge is 0.409 e. The Morgan fingerprint density at radius 3 is 2.42 bits per heavy atom. The molecule has 2 aromatic rings. The van der Waals surface area contributed by atoms with Crippen LogP contribution >= 0.6 is 11.6 Å².